The summed E-state index contributed by atoms with van der Waals surface area (Å²) in [5.74, 6) is 1.00. The Bertz CT molecular complexity index is 493. The summed E-state index contributed by atoms with van der Waals surface area (Å²) in [5, 5.41) is 3.19. The Balaban J connectivity index is 2.27. The van der Waals surface area contributed by atoms with Gasteiger partial charge in [-0.2, -0.15) is 4.98 Å². The monoisotopic (exact) mass is 326 g/mol. The second-order valence-corrected chi connectivity index (χ2v) is 4.63. The van der Waals surface area contributed by atoms with Crippen LogP contribution in [0.3, 0.4) is 0 Å². The number of nitrogen functional groups attached to an aromatic ring is 1. The minimum Gasteiger partial charge on any atom is -0.368 e. The van der Waals surface area contributed by atoms with Crippen molar-refractivity contribution in [3.05, 3.63) is 39.6 Å². The topological polar surface area (TPSA) is 63.8 Å². The molecular weight excluding hydrogens is 315 g/mol. The molecule has 3 N–H and O–H groups in total. The summed E-state index contributed by atoms with van der Waals surface area (Å²) < 4.78 is 1.17. The zero-order valence-electron chi connectivity index (χ0n) is 8.74. The summed E-state index contributed by atoms with van der Waals surface area (Å²) in [5.41, 5.74) is 7.42. The number of nitrogens with zero attached hydrogens (tertiary/aromatic N) is 2. The Kier molecular flexibility index (Phi) is 3.23. The zero-order valence-corrected chi connectivity index (χ0v) is 10.9. The molecule has 4 nitrogen and oxygen atoms in total. The maximum absolute atomic E-state index is 5.58. The first-order valence-electron chi connectivity index (χ1n) is 4.77. The number of aromatic nitrogens is 2. The Hall–Kier alpha value is -1.37. The maximum Gasteiger partial charge on any atom is 0.222 e. The highest BCUT2D eigenvalue weighted by atomic mass is 127. The molecule has 0 atom stereocenters. The van der Waals surface area contributed by atoms with Gasteiger partial charge in [-0.05, 0) is 47.7 Å². The SMILES string of the molecule is Cc1cc(Nc2cccc(I)c2)nc(N)n1. The smallest absolute Gasteiger partial charge is 0.222 e. The lowest BCUT2D eigenvalue weighted by Crippen LogP contribution is -2.01. The van der Waals surface area contributed by atoms with E-state index in [1.807, 2.05) is 37.3 Å². The van der Waals surface area contributed by atoms with E-state index >= 15 is 0 Å². The van der Waals surface area contributed by atoms with Gasteiger partial charge in [-0.3, -0.25) is 0 Å². The van der Waals surface area contributed by atoms with E-state index in [0.717, 1.165) is 11.4 Å². The van der Waals surface area contributed by atoms with Crippen LogP contribution in [0.4, 0.5) is 17.5 Å². The van der Waals surface area contributed by atoms with Crippen molar-refractivity contribution in [1.82, 2.24) is 9.97 Å². The number of aryl methyl sites for hydroxylation is 1. The van der Waals surface area contributed by atoms with Crippen molar-refractivity contribution in [3.8, 4) is 0 Å². The molecule has 16 heavy (non-hydrogen) atoms. The minimum atomic E-state index is 0.285. The Morgan fingerprint density at radius 1 is 1.25 bits per heavy atom. The van der Waals surface area contributed by atoms with E-state index in [4.69, 9.17) is 5.73 Å². The molecular formula is C11H11IN4. The molecule has 1 heterocycles. The van der Waals surface area contributed by atoms with Crippen LogP contribution < -0.4 is 11.1 Å². The van der Waals surface area contributed by atoms with Crippen LogP contribution in [0.1, 0.15) is 5.69 Å². The van der Waals surface area contributed by atoms with Crippen LogP contribution in [0.2, 0.25) is 0 Å². The molecule has 82 valence electrons. The van der Waals surface area contributed by atoms with Crippen molar-refractivity contribution in [2.24, 2.45) is 0 Å². The van der Waals surface area contributed by atoms with Crippen LogP contribution in [0, 0.1) is 10.5 Å². The Morgan fingerprint density at radius 3 is 2.75 bits per heavy atom. The molecule has 0 amide bonds. The lowest BCUT2D eigenvalue weighted by atomic mass is 10.3. The van der Waals surface area contributed by atoms with Gasteiger partial charge in [-0.25, -0.2) is 4.98 Å². The highest BCUT2D eigenvalue weighted by Crippen LogP contribution is 2.17. The predicted octanol–water partition coefficient (Wildman–Crippen LogP) is 2.72. The van der Waals surface area contributed by atoms with E-state index < -0.39 is 0 Å². The van der Waals surface area contributed by atoms with E-state index in [9.17, 15) is 0 Å². The van der Waals surface area contributed by atoms with Gasteiger partial charge in [0.25, 0.3) is 0 Å². The fourth-order valence-corrected chi connectivity index (χ4v) is 1.91. The normalized spacial score (nSPS) is 10.1. The van der Waals surface area contributed by atoms with Gasteiger partial charge in [0, 0.05) is 21.0 Å². The molecule has 0 spiro atoms. The number of anilines is 3. The molecule has 0 bridgehead atoms. The third-order valence-corrected chi connectivity index (χ3v) is 2.64. The van der Waals surface area contributed by atoms with Crippen LogP contribution in [-0.2, 0) is 0 Å². The first kappa shape index (κ1) is 11.1. The van der Waals surface area contributed by atoms with Crippen molar-refractivity contribution >= 4 is 40.0 Å². The molecule has 0 aliphatic carbocycles. The summed E-state index contributed by atoms with van der Waals surface area (Å²) in [4.78, 5) is 8.13. The Morgan fingerprint density at radius 2 is 2.06 bits per heavy atom. The quantitative estimate of drug-likeness (QED) is 0.833. The van der Waals surface area contributed by atoms with Crippen LogP contribution >= 0.6 is 22.6 Å². The molecule has 2 rings (SSSR count). The highest BCUT2D eigenvalue weighted by molar-refractivity contribution is 14.1. The molecule has 2 aromatic rings. The average Bonchev–Trinajstić information content (AvgIpc) is 2.15. The summed E-state index contributed by atoms with van der Waals surface area (Å²) in [6.45, 7) is 1.89. The van der Waals surface area contributed by atoms with Gasteiger partial charge in [0.05, 0.1) is 0 Å². The summed E-state index contributed by atoms with van der Waals surface area (Å²) >= 11 is 2.26. The van der Waals surface area contributed by atoms with Crippen molar-refractivity contribution in [3.63, 3.8) is 0 Å². The van der Waals surface area contributed by atoms with E-state index in [-0.39, 0.29) is 5.95 Å². The van der Waals surface area contributed by atoms with Gasteiger partial charge in [0.1, 0.15) is 5.82 Å². The molecule has 0 saturated heterocycles. The Labute approximate surface area is 107 Å². The van der Waals surface area contributed by atoms with Crippen molar-refractivity contribution < 1.29 is 0 Å². The molecule has 0 aliphatic heterocycles. The molecule has 1 aromatic carbocycles. The number of hydrogen-bond acceptors (Lipinski definition) is 4. The van der Waals surface area contributed by atoms with Crippen LogP contribution in [-0.4, -0.2) is 9.97 Å². The van der Waals surface area contributed by atoms with Gasteiger partial charge in [-0.15, -0.1) is 0 Å². The largest absolute Gasteiger partial charge is 0.368 e. The van der Waals surface area contributed by atoms with E-state index in [1.165, 1.54) is 3.57 Å². The van der Waals surface area contributed by atoms with Gasteiger partial charge >= 0.3 is 0 Å². The minimum absolute atomic E-state index is 0.285. The first-order valence-corrected chi connectivity index (χ1v) is 5.85. The molecule has 0 fully saturated rings. The first-order chi connectivity index (χ1) is 7.63. The number of nitrogens with two attached hydrogens (primary N) is 1. The number of hydrogen-bond donors (Lipinski definition) is 2. The molecule has 5 heteroatoms. The van der Waals surface area contributed by atoms with Crippen molar-refractivity contribution in [1.29, 1.82) is 0 Å². The zero-order chi connectivity index (χ0) is 11.5. The van der Waals surface area contributed by atoms with Crippen LogP contribution in [0.5, 0.6) is 0 Å². The molecule has 0 unspecified atom stereocenters. The van der Waals surface area contributed by atoms with Crippen molar-refractivity contribution in [2.45, 2.75) is 6.92 Å². The van der Waals surface area contributed by atoms with Crippen LogP contribution in [0.15, 0.2) is 30.3 Å². The van der Waals surface area contributed by atoms with Crippen molar-refractivity contribution in [2.75, 3.05) is 11.1 Å². The van der Waals surface area contributed by atoms with E-state index in [2.05, 4.69) is 37.9 Å². The highest BCUT2D eigenvalue weighted by Gasteiger charge is 2.00. The summed E-state index contributed by atoms with van der Waals surface area (Å²) in [7, 11) is 0. The number of rotatable bonds is 2. The third-order valence-electron chi connectivity index (χ3n) is 1.97. The van der Waals surface area contributed by atoms with Gasteiger partial charge < -0.3 is 11.1 Å². The predicted molar refractivity (Wildman–Crippen MR) is 73.6 cm³/mol. The fourth-order valence-electron chi connectivity index (χ4n) is 1.37. The van der Waals surface area contributed by atoms with E-state index in [1.54, 1.807) is 0 Å². The standard InChI is InChI=1S/C11H11IN4/c1-7-5-10(16-11(13)14-7)15-9-4-2-3-8(12)6-9/h2-6H,1H3,(H3,13,14,15,16). The fraction of sp³-hybridized carbons (Fsp3) is 0.0909. The molecule has 0 saturated carbocycles. The van der Waals surface area contributed by atoms with E-state index in [0.29, 0.717) is 5.82 Å². The molecule has 0 aliphatic rings. The van der Waals surface area contributed by atoms with Gasteiger partial charge in [0.2, 0.25) is 5.95 Å². The summed E-state index contributed by atoms with van der Waals surface area (Å²) in [6.07, 6.45) is 0. The maximum atomic E-state index is 5.58. The lowest BCUT2D eigenvalue weighted by Gasteiger charge is -2.07. The number of halogens is 1. The molecule has 0 radical (unpaired) electrons. The lowest BCUT2D eigenvalue weighted by molar-refractivity contribution is 1.12. The van der Waals surface area contributed by atoms with Crippen LogP contribution in [0.25, 0.3) is 0 Å². The summed E-state index contributed by atoms with van der Waals surface area (Å²) in [6, 6.07) is 9.90. The number of benzene rings is 1. The number of nitrogens with one attached hydrogen (secondary N) is 1. The van der Waals surface area contributed by atoms with Gasteiger partial charge in [-0.1, -0.05) is 6.07 Å². The van der Waals surface area contributed by atoms with Gasteiger partial charge in [0.15, 0.2) is 0 Å². The molecule has 1 aromatic heterocycles. The average molecular weight is 326 g/mol. The second-order valence-electron chi connectivity index (χ2n) is 3.39. The second kappa shape index (κ2) is 4.65. The third kappa shape index (κ3) is 2.82.